The van der Waals surface area contributed by atoms with E-state index in [2.05, 4.69) is 5.32 Å². The predicted molar refractivity (Wildman–Crippen MR) is 95.1 cm³/mol. The van der Waals surface area contributed by atoms with Crippen LogP contribution in [0.25, 0.3) is 0 Å². The van der Waals surface area contributed by atoms with Gasteiger partial charge >= 0.3 is 0 Å². The fourth-order valence-corrected chi connectivity index (χ4v) is 3.11. The minimum atomic E-state index is -0.521. The lowest BCUT2D eigenvalue weighted by atomic mass is 9.95. The van der Waals surface area contributed by atoms with Crippen LogP contribution in [0.4, 0.5) is 10.1 Å². The van der Waals surface area contributed by atoms with Crippen molar-refractivity contribution >= 4 is 29.1 Å². The molecule has 2 aromatic rings. The first kappa shape index (κ1) is 17.4. The van der Waals surface area contributed by atoms with Gasteiger partial charge in [0.25, 0.3) is 5.91 Å². The third kappa shape index (κ3) is 4.17. The van der Waals surface area contributed by atoms with Crippen LogP contribution in [0.2, 0.25) is 5.02 Å². The Labute approximate surface area is 150 Å². The molecular weight excluding hydrogens is 343 g/mol. The van der Waals surface area contributed by atoms with Crippen molar-refractivity contribution in [3.8, 4) is 0 Å². The molecule has 1 N–H and O–H groups in total. The van der Waals surface area contributed by atoms with E-state index in [1.807, 2.05) is 18.2 Å². The molecule has 0 atom stereocenters. The topological polar surface area (TPSA) is 49.4 Å². The molecule has 2 amide bonds. The second kappa shape index (κ2) is 7.66. The summed E-state index contributed by atoms with van der Waals surface area (Å²) >= 11 is 5.72. The monoisotopic (exact) mass is 360 g/mol. The molecule has 1 aliphatic heterocycles. The molecule has 130 valence electrons. The van der Waals surface area contributed by atoms with Gasteiger partial charge in [-0.2, -0.15) is 0 Å². The van der Waals surface area contributed by atoms with Gasteiger partial charge < -0.3 is 10.2 Å². The Hall–Kier alpha value is -2.40. The lowest BCUT2D eigenvalue weighted by Crippen LogP contribution is -2.41. The molecule has 0 saturated carbocycles. The number of benzene rings is 2. The van der Waals surface area contributed by atoms with Crippen molar-refractivity contribution in [3.05, 3.63) is 64.9 Å². The van der Waals surface area contributed by atoms with E-state index in [1.54, 1.807) is 17.0 Å². The lowest BCUT2D eigenvalue weighted by Gasteiger charge is -2.31. The summed E-state index contributed by atoms with van der Waals surface area (Å²) < 4.78 is 13.2. The number of amides is 2. The molecule has 1 aliphatic rings. The Morgan fingerprint density at radius 3 is 2.40 bits per heavy atom. The van der Waals surface area contributed by atoms with Gasteiger partial charge in [0.15, 0.2) is 0 Å². The largest absolute Gasteiger partial charge is 0.339 e. The number of hydrogen-bond donors (Lipinski definition) is 1. The molecule has 1 saturated heterocycles. The van der Waals surface area contributed by atoms with E-state index >= 15 is 0 Å². The summed E-state index contributed by atoms with van der Waals surface area (Å²) in [7, 11) is 0. The van der Waals surface area contributed by atoms with Crippen LogP contribution in [0.5, 0.6) is 0 Å². The van der Waals surface area contributed by atoms with Crippen LogP contribution >= 0.6 is 11.6 Å². The number of carbonyl (C=O) groups is 2. The normalized spacial score (nSPS) is 15.0. The van der Waals surface area contributed by atoms with E-state index in [1.165, 1.54) is 18.2 Å². The van der Waals surface area contributed by atoms with Gasteiger partial charge in [-0.3, -0.25) is 9.59 Å². The molecule has 2 aromatic carbocycles. The zero-order valence-electron chi connectivity index (χ0n) is 13.5. The summed E-state index contributed by atoms with van der Waals surface area (Å²) in [6.07, 6.45) is 1.19. The number of likely N-dealkylation sites (tertiary alicyclic amines) is 1. The molecule has 0 unspecified atom stereocenters. The number of nitrogens with zero attached hydrogens (tertiary/aromatic N) is 1. The summed E-state index contributed by atoms with van der Waals surface area (Å²) in [6, 6.07) is 13.2. The van der Waals surface area contributed by atoms with Crippen molar-refractivity contribution in [1.82, 2.24) is 4.90 Å². The van der Waals surface area contributed by atoms with Crippen LogP contribution in [0.3, 0.4) is 0 Å². The summed E-state index contributed by atoms with van der Waals surface area (Å²) in [5.74, 6) is -0.838. The third-order valence-corrected chi connectivity index (χ3v) is 4.65. The van der Waals surface area contributed by atoms with E-state index in [0.29, 0.717) is 37.2 Å². The average Bonchev–Trinajstić information content (AvgIpc) is 2.65. The van der Waals surface area contributed by atoms with Crippen molar-refractivity contribution < 1.29 is 14.0 Å². The summed E-state index contributed by atoms with van der Waals surface area (Å²) in [5.41, 5.74) is 1.13. The average molecular weight is 361 g/mol. The molecule has 6 heteroatoms. The van der Waals surface area contributed by atoms with Gasteiger partial charge in [0.1, 0.15) is 5.82 Å². The van der Waals surface area contributed by atoms with Crippen LogP contribution in [-0.2, 0) is 4.79 Å². The molecule has 3 rings (SSSR count). The quantitative estimate of drug-likeness (QED) is 0.900. The van der Waals surface area contributed by atoms with E-state index in [9.17, 15) is 14.0 Å². The molecule has 1 heterocycles. The molecule has 0 spiro atoms. The number of anilines is 1. The van der Waals surface area contributed by atoms with E-state index in [4.69, 9.17) is 11.6 Å². The second-order valence-electron chi connectivity index (χ2n) is 6.05. The Kier molecular flexibility index (Phi) is 5.34. The second-order valence-corrected chi connectivity index (χ2v) is 6.46. The van der Waals surface area contributed by atoms with Gasteiger partial charge in [-0.15, -0.1) is 0 Å². The molecular formula is C19H18ClFN2O2. The first-order valence-corrected chi connectivity index (χ1v) is 8.52. The number of nitrogens with one attached hydrogen (secondary N) is 1. The summed E-state index contributed by atoms with van der Waals surface area (Å²) in [4.78, 5) is 26.5. The smallest absolute Gasteiger partial charge is 0.253 e. The van der Waals surface area contributed by atoms with E-state index in [0.717, 1.165) is 0 Å². The molecule has 0 bridgehead atoms. The number of rotatable bonds is 3. The van der Waals surface area contributed by atoms with Gasteiger partial charge in [0.2, 0.25) is 5.91 Å². The maximum absolute atomic E-state index is 13.2. The maximum Gasteiger partial charge on any atom is 0.253 e. The Bertz CT molecular complexity index is 774. The standard InChI is InChI=1S/C19H18ClFN2O2/c20-16-12-15(6-7-17(16)21)22-18(24)13-8-10-23(11-9-13)19(25)14-4-2-1-3-5-14/h1-7,12-13H,8-11H2,(H,22,24). The van der Waals surface area contributed by atoms with Crippen LogP contribution in [-0.4, -0.2) is 29.8 Å². The highest BCUT2D eigenvalue weighted by Gasteiger charge is 2.27. The van der Waals surface area contributed by atoms with E-state index < -0.39 is 5.82 Å². The fraction of sp³-hybridized carbons (Fsp3) is 0.263. The highest BCUT2D eigenvalue weighted by molar-refractivity contribution is 6.31. The van der Waals surface area contributed by atoms with Gasteiger partial charge in [-0.25, -0.2) is 4.39 Å². The Balaban J connectivity index is 1.55. The number of carbonyl (C=O) groups excluding carboxylic acids is 2. The van der Waals surface area contributed by atoms with Gasteiger partial charge in [-0.05, 0) is 43.2 Å². The molecule has 0 aliphatic carbocycles. The lowest BCUT2D eigenvalue weighted by molar-refractivity contribution is -0.121. The Morgan fingerprint density at radius 2 is 1.76 bits per heavy atom. The summed E-state index contributed by atoms with van der Waals surface area (Å²) in [5, 5.41) is 2.74. The molecule has 25 heavy (non-hydrogen) atoms. The molecule has 4 nitrogen and oxygen atoms in total. The maximum atomic E-state index is 13.2. The van der Waals surface area contributed by atoms with Crippen LogP contribution in [0, 0.1) is 11.7 Å². The van der Waals surface area contributed by atoms with Crippen LogP contribution in [0.1, 0.15) is 23.2 Å². The first-order valence-electron chi connectivity index (χ1n) is 8.15. The van der Waals surface area contributed by atoms with Crippen molar-refractivity contribution in [1.29, 1.82) is 0 Å². The van der Waals surface area contributed by atoms with Crippen molar-refractivity contribution in [2.24, 2.45) is 5.92 Å². The van der Waals surface area contributed by atoms with Crippen molar-refractivity contribution in [2.75, 3.05) is 18.4 Å². The highest BCUT2D eigenvalue weighted by atomic mass is 35.5. The molecule has 0 aromatic heterocycles. The van der Waals surface area contributed by atoms with Crippen molar-refractivity contribution in [3.63, 3.8) is 0 Å². The van der Waals surface area contributed by atoms with Gasteiger partial charge in [0, 0.05) is 30.3 Å². The first-order chi connectivity index (χ1) is 12.0. The minimum Gasteiger partial charge on any atom is -0.339 e. The predicted octanol–water partition coefficient (Wildman–Crippen LogP) is 3.97. The third-order valence-electron chi connectivity index (χ3n) is 4.36. The SMILES string of the molecule is O=C(Nc1ccc(F)c(Cl)c1)C1CCN(C(=O)c2ccccc2)CC1. The van der Waals surface area contributed by atoms with Crippen LogP contribution < -0.4 is 5.32 Å². The highest BCUT2D eigenvalue weighted by Crippen LogP contribution is 2.23. The zero-order valence-corrected chi connectivity index (χ0v) is 14.3. The zero-order chi connectivity index (χ0) is 17.8. The van der Waals surface area contributed by atoms with Gasteiger partial charge in [0.05, 0.1) is 5.02 Å². The summed E-state index contributed by atoms with van der Waals surface area (Å²) in [6.45, 7) is 1.08. The minimum absolute atomic E-state index is 0.00947. The van der Waals surface area contributed by atoms with Crippen molar-refractivity contribution in [2.45, 2.75) is 12.8 Å². The van der Waals surface area contributed by atoms with E-state index in [-0.39, 0.29) is 22.8 Å². The van der Waals surface area contributed by atoms with Gasteiger partial charge in [-0.1, -0.05) is 29.8 Å². The number of hydrogen-bond acceptors (Lipinski definition) is 2. The molecule has 0 radical (unpaired) electrons. The van der Waals surface area contributed by atoms with Crippen LogP contribution in [0.15, 0.2) is 48.5 Å². The number of piperidine rings is 1. The molecule has 1 fully saturated rings. The fourth-order valence-electron chi connectivity index (χ4n) is 2.93. The number of halogens is 2. The Morgan fingerprint density at radius 1 is 1.08 bits per heavy atom.